The molecule has 3 N–H and O–H groups in total. The van der Waals surface area contributed by atoms with Crippen LogP contribution < -0.4 is 11.3 Å². The SMILES string of the molecule is NNc1c2ccccc2cc2ccccc12. The van der Waals surface area contributed by atoms with Gasteiger partial charge in [0, 0.05) is 10.8 Å². The van der Waals surface area contributed by atoms with Gasteiger partial charge in [-0.25, -0.2) is 0 Å². The Morgan fingerprint density at radius 3 is 1.75 bits per heavy atom. The number of rotatable bonds is 1. The second-order valence-electron chi connectivity index (χ2n) is 3.84. The van der Waals surface area contributed by atoms with Gasteiger partial charge in [-0.1, -0.05) is 48.5 Å². The molecule has 0 unspecified atom stereocenters. The van der Waals surface area contributed by atoms with Gasteiger partial charge in [0.15, 0.2) is 0 Å². The summed E-state index contributed by atoms with van der Waals surface area (Å²) in [6.45, 7) is 0. The number of nitrogen functional groups attached to an aromatic ring is 1. The van der Waals surface area contributed by atoms with Crippen molar-refractivity contribution in [1.82, 2.24) is 0 Å². The third-order valence-electron chi connectivity index (χ3n) is 2.92. The first-order valence-corrected chi connectivity index (χ1v) is 5.27. The van der Waals surface area contributed by atoms with Crippen LogP contribution in [0, 0.1) is 0 Å². The molecule has 78 valence electrons. The van der Waals surface area contributed by atoms with E-state index < -0.39 is 0 Å². The van der Waals surface area contributed by atoms with Crippen LogP contribution in [0.3, 0.4) is 0 Å². The van der Waals surface area contributed by atoms with E-state index in [0.717, 1.165) is 16.5 Å². The molecule has 0 aromatic heterocycles. The Labute approximate surface area is 93.7 Å². The van der Waals surface area contributed by atoms with Gasteiger partial charge in [-0.3, -0.25) is 5.84 Å². The fourth-order valence-corrected chi connectivity index (χ4v) is 2.17. The first-order chi connectivity index (χ1) is 7.90. The van der Waals surface area contributed by atoms with E-state index in [1.165, 1.54) is 10.8 Å². The van der Waals surface area contributed by atoms with E-state index in [4.69, 9.17) is 5.84 Å². The highest BCUT2D eigenvalue weighted by Gasteiger charge is 2.04. The van der Waals surface area contributed by atoms with Crippen molar-refractivity contribution in [2.75, 3.05) is 5.43 Å². The smallest absolute Gasteiger partial charge is 0.0642 e. The van der Waals surface area contributed by atoms with Crippen molar-refractivity contribution in [3.05, 3.63) is 54.6 Å². The summed E-state index contributed by atoms with van der Waals surface area (Å²) in [4.78, 5) is 0. The highest BCUT2D eigenvalue weighted by atomic mass is 15.2. The topological polar surface area (TPSA) is 38.0 Å². The van der Waals surface area contributed by atoms with Gasteiger partial charge in [0.2, 0.25) is 0 Å². The standard InChI is InChI=1S/C14H12N2/c15-16-14-12-7-3-1-5-10(12)9-11-6-2-4-8-13(11)14/h1-9,16H,15H2. The van der Waals surface area contributed by atoms with Crippen LogP contribution in [-0.4, -0.2) is 0 Å². The van der Waals surface area contributed by atoms with Crippen molar-refractivity contribution in [3.63, 3.8) is 0 Å². The van der Waals surface area contributed by atoms with E-state index in [1.807, 2.05) is 24.3 Å². The lowest BCUT2D eigenvalue weighted by atomic mass is 10.0. The maximum Gasteiger partial charge on any atom is 0.0642 e. The lowest BCUT2D eigenvalue weighted by Gasteiger charge is -2.10. The number of hydrogen-bond acceptors (Lipinski definition) is 2. The summed E-state index contributed by atoms with van der Waals surface area (Å²) in [5.74, 6) is 5.63. The van der Waals surface area contributed by atoms with Crippen LogP contribution in [0.4, 0.5) is 5.69 Å². The molecule has 0 fully saturated rings. The van der Waals surface area contributed by atoms with E-state index in [-0.39, 0.29) is 0 Å². The molecule has 0 radical (unpaired) electrons. The first-order valence-electron chi connectivity index (χ1n) is 5.27. The van der Waals surface area contributed by atoms with Crippen molar-refractivity contribution < 1.29 is 0 Å². The molecule has 0 saturated carbocycles. The van der Waals surface area contributed by atoms with E-state index in [0.29, 0.717) is 0 Å². The Balaban J connectivity index is 2.56. The maximum atomic E-state index is 5.63. The molecule has 0 spiro atoms. The summed E-state index contributed by atoms with van der Waals surface area (Å²) in [7, 11) is 0. The van der Waals surface area contributed by atoms with Crippen LogP contribution in [0.15, 0.2) is 54.6 Å². The lowest BCUT2D eigenvalue weighted by Crippen LogP contribution is -2.07. The van der Waals surface area contributed by atoms with Crippen molar-refractivity contribution in [1.29, 1.82) is 0 Å². The maximum absolute atomic E-state index is 5.63. The van der Waals surface area contributed by atoms with Crippen molar-refractivity contribution >= 4 is 27.2 Å². The average molecular weight is 208 g/mol. The number of nitrogens with two attached hydrogens (primary N) is 1. The van der Waals surface area contributed by atoms with E-state index in [2.05, 4.69) is 35.8 Å². The second-order valence-corrected chi connectivity index (χ2v) is 3.84. The molecule has 0 aliphatic heterocycles. The highest BCUT2D eigenvalue weighted by Crippen LogP contribution is 2.31. The molecule has 0 amide bonds. The molecular weight excluding hydrogens is 196 g/mol. The van der Waals surface area contributed by atoms with Gasteiger partial charge in [0.25, 0.3) is 0 Å². The van der Waals surface area contributed by atoms with Crippen molar-refractivity contribution in [3.8, 4) is 0 Å². The quantitative estimate of drug-likeness (QED) is 0.366. The highest BCUT2D eigenvalue weighted by molar-refractivity contribution is 6.10. The summed E-state index contributed by atoms with van der Waals surface area (Å²) in [5.41, 5.74) is 3.81. The molecule has 2 heteroatoms. The number of hydrazine groups is 1. The fraction of sp³-hybridized carbons (Fsp3) is 0. The van der Waals surface area contributed by atoms with Crippen molar-refractivity contribution in [2.45, 2.75) is 0 Å². The lowest BCUT2D eigenvalue weighted by molar-refractivity contribution is 1.38. The molecule has 3 rings (SSSR count). The molecule has 0 bridgehead atoms. The third-order valence-corrected chi connectivity index (χ3v) is 2.92. The molecule has 16 heavy (non-hydrogen) atoms. The summed E-state index contributed by atoms with van der Waals surface area (Å²) >= 11 is 0. The molecule has 3 aromatic carbocycles. The molecular formula is C14H12N2. The number of nitrogens with one attached hydrogen (secondary N) is 1. The Kier molecular flexibility index (Phi) is 2.01. The van der Waals surface area contributed by atoms with Gasteiger partial charge in [-0.2, -0.15) is 0 Å². The Morgan fingerprint density at radius 2 is 1.25 bits per heavy atom. The molecule has 0 aliphatic carbocycles. The minimum atomic E-state index is 0.994. The molecule has 0 aliphatic rings. The predicted octanol–water partition coefficient (Wildman–Crippen LogP) is 3.28. The summed E-state index contributed by atoms with van der Waals surface area (Å²) < 4.78 is 0. The molecule has 0 saturated heterocycles. The second kappa shape index (κ2) is 3.51. The van der Waals surface area contributed by atoms with Crippen LogP contribution in [0.1, 0.15) is 0 Å². The zero-order valence-electron chi connectivity index (χ0n) is 8.77. The molecule has 0 heterocycles. The molecule has 2 nitrogen and oxygen atoms in total. The van der Waals surface area contributed by atoms with Gasteiger partial charge in [0.1, 0.15) is 0 Å². The number of benzene rings is 3. The van der Waals surface area contributed by atoms with Gasteiger partial charge < -0.3 is 5.43 Å². The predicted molar refractivity (Wildman–Crippen MR) is 69.3 cm³/mol. The van der Waals surface area contributed by atoms with Crippen LogP contribution in [0.2, 0.25) is 0 Å². The van der Waals surface area contributed by atoms with Gasteiger partial charge in [-0.15, -0.1) is 0 Å². The first kappa shape index (κ1) is 9.19. The average Bonchev–Trinajstić information content (AvgIpc) is 2.36. The van der Waals surface area contributed by atoms with Gasteiger partial charge in [-0.05, 0) is 16.8 Å². The number of hydrogen-bond donors (Lipinski definition) is 2. The van der Waals surface area contributed by atoms with Crippen LogP contribution in [0.25, 0.3) is 21.5 Å². The van der Waals surface area contributed by atoms with E-state index in [1.54, 1.807) is 0 Å². The number of anilines is 1. The normalized spacial score (nSPS) is 10.8. The summed E-state index contributed by atoms with van der Waals surface area (Å²) in [6, 6.07) is 18.7. The van der Waals surface area contributed by atoms with E-state index >= 15 is 0 Å². The minimum Gasteiger partial charge on any atom is -0.323 e. The summed E-state index contributed by atoms with van der Waals surface area (Å²) in [6.07, 6.45) is 0. The monoisotopic (exact) mass is 208 g/mol. The third kappa shape index (κ3) is 1.24. The zero-order valence-corrected chi connectivity index (χ0v) is 8.77. The Hall–Kier alpha value is -2.06. The largest absolute Gasteiger partial charge is 0.323 e. The van der Waals surface area contributed by atoms with Gasteiger partial charge in [0.05, 0.1) is 5.69 Å². The fourth-order valence-electron chi connectivity index (χ4n) is 2.17. The zero-order chi connectivity index (χ0) is 11.0. The minimum absolute atomic E-state index is 0.994. The van der Waals surface area contributed by atoms with Crippen molar-refractivity contribution in [2.24, 2.45) is 5.84 Å². The van der Waals surface area contributed by atoms with Gasteiger partial charge >= 0.3 is 0 Å². The molecule has 3 aromatic rings. The van der Waals surface area contributed by atoms with E-state index in [9.17, 15) is 0 Å². The molecule has 0 atom stereocenters. The summed E-state index contributed by atoms with van der Waals surface area (Å²) in [5, 5.41) is 4.72. The van der Waals surface area contributed by atoms with Crippen LogP contribution in [0.5, 0.6) is 0 Å². The van der Waals surface area contributed by atoms with Crippen LogP contribution >= 0.6 is 0 Å². The Bertz CT molecular complexity index is 605. The Morgan fingerprint density at radius 1 is 0.750 bits per heavy atom. The van der Waals surface area contributed by atoms with Crippen LogP contribution in [-0.2, 0) is 0 Å². The number of fused-ring (bicyclic) bond motifs is 2.